The topological polar surface area (TPSA) is 71.5 Å². The first-order valence-electron chi connectivity index (χ1n) is 9.01. The molecule has 0 aliphatic heterocycles. The van der Waals surface area contributed by atoms with Gasteiger partial charge < -0.3 is 4.98 Å². The van der Waals surface area contributed by atoms with Crippen molar-refractivity contribution in [3.63, 3.8) is 0 Å². The number of aromatic amines is 1. The lowest BCUT2D eigenvalue weighted by Crippen LogP contribution is -2.10. The van der Waals surface area contributed by atoms with Crippen LogP contribution in [0, 0.1) is 6.92 Å². The summed E-state index contributed by atoms with van der Waals surface area (Å²) < 4.78 is 0. The van der Waals surface area contributed by atoms with Crippen LogP contribution in [0.4, 0.5) is 0 Å². The fourth-order valence-electron chi connectivity index (χ4n) is 3.34. The number of nitrogens with zero attached hydrogens (tertiary/aromatic N) is 3. The molecule has 0 atom stereocenters. The van der Waals surface area contributed by atoms with Gasteiger partial charge in [0.1, 0.15) is 0 Å². The number of hydrogen-bond donors (Lipinski definition) is 1. The summed E-state index contributed by atoms with van der Waals surface area (Å²) in [4.78, 5) is 29.6. The third kappa shape index (κ3) is 2.65. The van der Waals surface area contributed by atoms with E-state index in [9.17, 15) is 4.79 Å². The van der Waals surface area contributed by atoms with E-state index in [1.54, 1.807) is 19.3 Å². The highest BCUT2D eigenvalue weighted by atomic mass is 16.1. The van der Waals surface area contributed by atoms with Gasteiger partial charge in [-0.1, -0.05) is 42.5 Å². The predicted octanol–water partition coefficient (Wildman–Crippen LogP) is 4.51. The molecule has 5 nitrogen and oxygen atoms in total. The highest BCUT2D eigenvalue weighted by molar-refractivity contribution is 5.89. The van der Waals surface area contributed by atoms with E-state index in [4.69, 9.17) is 9.97 Å². The zero-order valence-corrected chi connectivity index (χ0v) is 15.2. The average Bonchev–Trinajstić information content (AvgIpc) is 2.76. The molecule has 134 valence electrons. The van der Waals surface area contributed by atoms with Crippen LogP contribution in [0.2, 0.25) is 0 Å². The van der Waals surface area contributed by atoms with Crippen molar-refractivity contribution in [2.45, 2.75) is 6.92 Å². The van der Waals surface area contributed by atoms with Gasteiger partial charge in [-0.05, 0) is 25.1 Å². The summed E-state index contributed by atoms with van der Waals surface area (Å²) in [6, 6.07) is 19.8. The fourth-order valence-corrected chi connectivity index (χ4v) is 3.34. The average molecular weight is 364 g/mol. The van der Waals surface area contributed by atoms with Gasteiger partial charge in [-0.3, -0.25) is 9.78 Å². The molecule has 5 heteroatoms. The van der Waals surface area contributed by atoms with Gasteiger partial charge in [-0.15, -0.1) is 0 Å². The number of rotatable bonds is 2. The van der Waals surface area contributed by atoms with Crippen LogP contribution in [-0.4, -0.2) is 19.9 Å². The maximum atomic E-state index is 12.6. The van der Waals surface area contributed by atoms with Crippen LogP contribution in [-0.2, 0) is 0 Å². The molecule has 0 saturated heterocycles. The lowest BCUT2D eigenvalue weighted by Gasteiger charge is -2.11. The van der Waals surface area contributed by atoms with Crippen molar-refractivity contribution in [2.75, 3.05) is 0 Å². The Kier molecular flexibility index (Phi) is 3.72. The molecule has 2 aromatic carbocycles. The lowest BCUT2D eigenvalue weighted by atomic mass is 10.0. The van der Waals surface area contributed by atoms with Crippen molar-refractivity contribution >= 4 is 22.1 Å². The smallest absolute Gasteiger partial charge is 0.212 e. The Morgan fingerprint density at radius 2 is 1.68 bits per heavy atom. The summed E-state index contributed by atoms with van der Waals surface area (Å²) in [7, 11) is 0. The number of aromatic nitrogens is 4. The minimum Gasteiger partial charge on any atom is -0.344 e. The quantitative estimate of drug-likeness (QED) is 0.500. The van der Waals surface area contributed by atoms with Gasteiger partial charge in [-0.2, -0.15) is 0 Å². The second-order valence-corrected chi connectivity index (χ2v) is 6.70. The molecule has 3 aromatic heterocycles. The molecule has 5 aromatic rings. The maximum Gasteiger partial charge on any atom is 0.212 e. The summed E-state index contributed by atoms with van der Waals surface area (Å²) in [6.45, 7) is 1.77. The second kappa shape index (κ2) is 6.39. The molecule has 1 N–H and O–H groups in total. The van der Waals surface area contributed by atoms with Crippen molar-refractivity contribution in [3.8, 4) is 22.5 Å². The summed E-state index contributed by atoms with van der Waals surface area (Å²) in [5.41, 5.74) is 5.51. The van der Waals surface area contributed by atoms with E-state index in [-0.39, 0.29) is 5.43 Å². The SMILES string of the molecule is Cc1c[nH]c2nc(-c3ccccc3)c(-c3ccc4ncccc4c3)nc2c1=O. The zero-order valence-electron chi connectivity index (χ0n) is 15.2. The molecule has 0 amide bonds. The minimum atomic E-state index is -0.107. The van der Waals surface area contributed by atoms with Crippen LogP contribution in [0.3, 0.4) is 0 Å². The normalized spacial score (nSPS) is 11.2. The summed E-state index contributed by atoms with van der Waals surface area (Å²) in [5.74, 6) is 0. The molecule has 0 bridgehead atoms. The number of benzene rings is 2. The predicted molar refractivity (Wildman–Crippen MR) is 111 cm³/mol. The van der Waals surface area contributed by atoms with Crippen LogP contribution < -0.4 is 5.43 Å². The van der Waals surface area contributed by atoms with Crippen molar-refractivity contribution in [3.05, 3.63) is 88.8 Å². The molecule has 0 aliphatic carbocycles. The monoisotopic (exact) mass is 364 g/mol. The highest BCUT2D eigenvalue weighted by Gasteiger charge is 2.16. The first kappa shape index (κ1) is 16.3. The number of hydrogen-bond acceptors (Lipinski definition) is 4. The summed E-state index contributed by atoms with van der Waals surface area (Å²) >= 11 is 0. The Bertz CT molecular complexity index is 1390. The molecule has 28 heavy (non-hydrogen) atoms. The van der Waals surface area contributed by atoms with E-state index in [2.05, 4.69) is 9.97 Å². The molecule has 0 unspecified atom stereocenters. The van der Waals surface area contributed by atoms with Crippen LogP contribution in [0.25, 0.3) is 44.6 Å². The Morgan fingerprint density at radius 3 is 2.54 bits per heavy atom. The Labute approximate surface area is 160 Å². The lowest BCUT2D eigenvalue weighted by molar-refractivity contribution is 1.19. The van der Waals surface area contributed by atoms with Gasteiger partial charge in [0.2, 0.25) is 5.43 Å². The zero-order chi connectivity index (χ0) is 19.1. The van der Waals surface area contributed by atoms with E-state index in [0.29, 0.717) is 22.4 Å². The van der Waals surface area contributed by atoms with E-state index in [1.165, 1.54) is 0 Å². The Morgan fingerprint density at radius 1 is 0.857 bits per heavy atom. The first-order chi connectivity index (χ1) is 13.7. The molecule has 0 fully saturated rings. The van der Waals surface area contributed by atoms with Crippen molar-refractivity contribution in [1.29, 1.82) is 0 Å². The standard InChI is InChI=1S/C23H16N4O/c1-14-13-25-23-21(22(14)28)26-20(19(27-23)15-6-3-2-4-7-15)17-9-10-18-16(12-17)8-5-11-24-18/h2-13H,1H3,(H,25,27,28). The molecule has 0 spiro atoms. The molecule has 0 radical (unpaired) electrons. The van der Waals surface area contributed by atoms with E-state index in [1.807, 2.05) is 60.7 Å². The van der Waals surface area contributed by atoms with Crippen molar-refractivity contribution < 1.29 is 0 Å². The number of aryl methyl sites for hydroxylation is 1. The van der Waals surface area contributed by atoms with Crippen LogP contribution in [0.1, 0.15) is 5.56 Å². The van der Waals surface area contributed by atoms with Crippen molar-refractivity contribution in [2.24, 2.45) is 0 Å². The first-order valence-corrected chi connectivity index (χ1v) is 9.01. The summed E-state index contributed by atoms with van der Waals surface area (Å²) in [6.07, 6.45) is 3.45. The third-order valence-corrected chi connectivity index (χ3v) is 4.82. The van der Waals surface area contributed by atoms with E-state index < -0.39 is 0 Å². The number of H-pyrrole nitrogens is 1. The molecule has 0 saturated carbocycles. The molecular formula is C23H16N4O. The molecule has 3 heterocycles. The Balaban J connectivity index is 1.86. The van der Waals surface area contributed by atoms with Crippen LogP contribution >= 0.6 is 0 Å². The number of nitrogens with one attached hydrogen (secondary N) is 1. The molecule has 0 aliphatic rings. The number of pyridine rings is 2. The highest BCUT2D eigenvalue weighted by Crippen LogP contribution is 2.31. The fraction of sp³-hybridized carbons (Fsp3) is 0.0435. The van der Waals surface area contributed by atoms with Gasteiger partial charge in [-0.25, -0.2) is 9.97 Å². The largest absolute Gasteiger partial charge is 0.344 e. The summed E-state index contributed by atoms with van der Waals surface area (Å²) in [5, 5.41) is 1.01. The Hall–Kier alpha value is -3.86. The minimum absolute atomic E-state index is 0.107. The third-order valence-electron chi connectivity index (χ3n) is 4.82. The molecular weight excluding hydrogens is 348 g/mol. The number of fused-ring (bicyclic) bond motifs is 2. The van der Waals surface area contributed by atoms with Gasteiger partial charge in [0, 0.05) is 34.5 Å². The van der Waals surface area contributed by atoms with Gasteiger partial charge in [0.25, 0.3) is 0 Å². The maximum absolute atomic E-state index is 12.6. The molecule has 5 rings (SSSR count). The second-order valence-electron chi connectivity index (χ2n) is 6.70. The van der Waals surface area contributed by atoms with Crippen molar-refractivity contribution in [1.82, 2.24) is 19.9 Å². The van der Waals surface area contributed by atoms with Crippen LogP contribution in [0.15, 0.2) is 77.9 Å². The van der Waals surface area contributed by atoms with E-state index >= 15 is 0 Å². The van der Waals surface area contributed by atoms with Crippen LogP contribution in [0.5, 0.6) is 0 Å². The van der Waals surface area contributed by atoms with Gasteiger partial charge in [0.05, 0.1) is 16.9 Å². The van der Waals surface area contributed by atoms with Gasteiger partial charge >= 0.3 is 0 Å². The van der Waals surface area contributed by atoms with E-state index in [0.717, 1.165) is 27.7 Å². The van der Waals surface area contributed by atoms with Gasteiger partial charge in [0.15, 0.2) is 11.2 Å².